The molecule has 0 spiro atoms. The molecule has 0 saturated carbocycles. The van der Waals surface area contributed by atoms with E-state index in [1.165, 1.54) is 187 Å². The molecule has 0 heterocycles. The smallest absolute Gasteiger partial charge is 0.146 e. The molecule has 0 N–H and O–H groups in total. The van der Waals surface area contributed by atoms with E-state index in [1.807, 2.05) is 38.0 Å². The van der Waals surface area contributed by atoms with Crippen molar-refractivity contribution in [3.63, 3.8) is 0 Å². The molecule has 0 aliphatic rings. The number of hydrogen-bond acceptors (Lipinski definition) is 6. The molecule has 0 radical (unpaired) electrons. The highest BCUT2D eigenvalue weighted by atomic mass is 33.1. The van der Waals surface area contributed by atoms with Crippen LogP contribution in [0.25, 0.3) is 0 Å². The van der Waals surface area contributed by atoms with Gasteiger partial charge in [-0.15, -0.1) is 0 Å². The first-order chi connectivity index (χ1) is 20.4. The summed E-state index contributed by atoms with van der Waals surface area (Å²) in [7, 11) is 15.0. The third kappa shape index (κ3) is 39.2. The molecular weight excluding hydrogens is 629 g/mol. The highest BCUT2D eigenvalue weighted by Crippen LogP contribution is 2.27. The van der Waals surface area contributed by atoms with E-state index in [0.717, 1.165) is 8.64 Å². The first-order valence-electron chi connectivity index (χ1n) is 17.4. The molecule has 8 heteroatoms. The second kappa shape index (κ2) is 38.4. The van der Waals surface area contributed by atoms with Crippen LogP contribution in [0.4, 0.5) is 0 Å². The lowest BCUT2D eigenvalue weighted by Gasteiger charge is -2.15. The van der Waals surface area contributed by atoms with Crippen LogP contribution >= 0.6 is 67.6 Å². The summed E-state index contributed by atoms with van der Waals surface area (Å²) in [5.41, 5.74) is 0. The monoisotopic (exact) mass is 698 g/mol. The molecule has 0 bridgehead atoms. The largest absolute Gasteiger partial charge is 0.363 e. The van der Waals surface area contributed by atoms with Crippen molar-refractivity contribution >= 4 is 76.3 Å². The number of nitrogens with zero attached hydrogens (tertiary/aromatic N) is 2. The van der Waals surface area contributed by atoms with E-state index in [-0.39, 0.29) is 0 Å². The van der Waals surface area contributed by atoms with E-state index in [4.69, 9.17) is 24.4 Å². The Morgan fingerprint density at radius 2 is 0.595 bits per heavy atom. The van der Waals surface area contributed by atoms with Crippen molar-refractivity contribution in [3.05, 3.63) is 0 Å². The molecule has 0 aromatic carbocycles. The topological polar surface area (TPSA) is 6.48 Å². The quantitative estimate of drug-likeness (QED) is 0.0469. The lowest BCUT2D eigenvalue weighted by molar-refractivity contribution is 0.548. The van der Waals surface area contributed by atoms with Gasteiger partial charge < -0.3 is 9.80 Å². The lowest BCUT2D eigenvalue weighted by atomic mass is 10.1. The highest BCUT2D eigenvalue weighted by Gasteiger charge is 2.05. The molecule has 0 fully saturated rings. The minimum atomic E-state index is 0.837. The van der Waals surface area contributed by atoms with Gasteiger partial charge in [-0.3, -0.25) is 0 Å². The van der Waals surface area contributed by atoms with Crippen LogP contribution in [-0.4, -0.2) is 58.1 Å². The summed E-state index contributed by atoms with van der Waals surface area (Å²) < 4.78 is 1.67. The SMILES string of the molecule is CCCCCCCCCCCCCCSSCCCCCCCCCCCCCC.CN(C)C(=S)SSC(=S)N(C)C. The van der Waals surface area contributed by atoms with Crippen molar-refractivity contribution in [2.45, 2.75) is 168 Å². The molecule has 0 unspecified atom stereocenters. The maximum absolute atomic E-state index is 5.07. The number of rotatable bonds is 27. The van der Waals surface area contributed by atoms with Gasteiger partial charge in [-0.1, -0.05) is 201 Å². The summed E-state index contributed by atoms with van der Waals surface area (Å²) in [5, 5.41) is 0. The fraction of sp³-hybridized carbons (Fsp3) is 0.941. The van der Waals surface area contributed by atoms with Gasteiger partial charge in [0.2, 0.25) is 0 Å². The maximum Gasteiger partial charge on any atom is 0.146 e. The Morgan fingerprint density at radius 1 is 0.381 bits per heavy atom. The average Bonchev–Trinajstić information content (AvgIpc) is 2.97. The summed E-state index contributed by atoms with van der Waals surface area (Å²) >= 11 is 10.1. The summed E-state index contributed by atoms with van der Waals surface area (Å²) in [4.78, 5) is 3.79. The molecule has 0 aromatic heterocycles. The van der Waals surface area contributed by atoms with Crippen LogP contribution < -0.4 is 0 Å². The Kier molecular flexibility index (Phi) is 41.4. The van der Waals surface area contributed by atoms with E-state index >= 15 is 0 Å². The molecule has 0 saturated heterocycles. The molecule has 42 heavy (non-hydrogen) atoms. The van der Waals surface area contributed by atoms with Gasteiger partial charge >= 0.3 is 0 Å². The third-order valence-corrected chi connectivity index (χ3v) is 13.9. The molecule has 0 aromatic rings. The second-order valence-electron chi connectivity index (χ2n) is 11.9. The number of hydrogen-bond donors (Lipinski definition) is 0. The standard InChI is InChI=1S/C28H58S2.C6H12N2S4/c1-3-5-7-9-11-13-15-17-19-21-23-25-27-29-30-28-26-24-22-20-18-16-14-12-10-8-6-4-2;1-7(2)5(9)11-12-6(10)8(3)4/h3-28H2,1-2H3;1-4H3. The van der Waals surface area contributed by atoms with Crippen LogP contribution in [0.1, 0.15) is 168 Å². The van der Waals surface area contributed by atoms with E-state index in [0.29, 0.717) is 0 Å². The Bertz CT molecular complexity index is 512. The molecule has 0 aliphatic heterocycles. The fourth-order valence-corrected chi connectivity index (χ4v) is 9.01. The van der Waals surface area contributed by atoms with Crippen molar-refractivity contribution < 1.29 is 0 Å². The van der Waals surface area contributed by atoms with Gasteiger partial charge in [-0.25, -0.2) is 0 Å². The van der Waals surface area contributed by atoms with Crippen LogP contribution in [0.3, 0.4) is 0 Å². The normalized spacial score (nSPS) is 10.8. The van der Waals surface area contributed by atoms with Crippen LogP contribution in [-0.2, 0) is 0 Å². The van der Waals surface area contributed by atoms with Crippen LogP contribution in [0.2, 0.25) is 0 Å². The molecule has 252 valence electrons. The first kappa shape index (κ1) is 45.3. The van der Waals surface area contributed by atoms with E-state index in [9.17, 15) is 0 Å². The molecule has 0 amide bonds. The number of thiocarbonyl (C=S) groups is 2. The fourth-order valence-electron chi connectivity index (χ4n) is 4.34. The van der Waals surface area contributed by atoms with Crippen molar-refractivity contribution in [1.82, 2.24) is 9.80 Å². The van der Waals surface area contributed by atoms with Crippen molar-refractivity contribution in [1.29, 1.82) is 0 Å². The van der Waals surface area contributed by atoms with Gasteiger partial charge in [0, 0.05) is 39.7 Å². The minimum absolute atomic E-state index is 0.837. The number of unbranched alkanes of at least 4 members (excludes halogenated alkanes) is 22. The summed E-state index contributed by atoms with van der Waals surface area (Å²) in [6, 6.07) is 0. The summed E-state index contributed by atoms with van der Waals surface area (Å²) in [6.07, 6.45) is 35.0. The Labute approximate surface area is 291 Å². The van der Waals surface area contributed by atoms with Gasteiger partial charge in [0.05, 0.1) is 0 Å². The highest BCUT2D eigenvalue weighted by molar-refractivity contribution is 8.89. The predicted octanol–water partition coefficient (Wildman–Crippen LogP) is 13.8. The Hall–Kier alpha value is 1.18. The van der Waals surface area contributed by atoms with Gasteiger partial charge in [-0.05, 0) is 34.4 Å². The van der Waals surface area contributed by atoms with Crippen molar-refractivity contribution in [2.75, 3.05) is 39.7 Å². The van der Waals surface area contributed by atoms with Crippen LogP contribution in [0.15, 0.2) is 0 Å². The zero-order valence-corrected chi connectivity index (χ0v) is 33.6. The molecular formula is C34H70N2S6. The van der Waals surface area contributed by atoms with Gasteiger partial charge in [0.1, 0.15) is 8.64 Å². The van der Waals surface area contributed by atoms with E-state index in [1.54, 1.807) is 0 Å². The predicted molar refractivity (Wildman–Crippen MR) is 215 cm³/mol. The van der Waals surface area contributed by atoms with Crippen LogP contribution in [0.5, 0.6) is 0 Å². The zero-order chi connectivity index (χ0) is 31.5. The van der Waals surface area contributed by atoms with Gasteiger partial charge in [0.15, 0.2) is 0 Å². The Morgan fingerprint density at radius 3 is 0.810 bits per heavy atom. The van der Waals surface area contributed by atoms with Gasteiger partial charge in [0.25, 0.3) is 0 Å². The third-order valence-electron chi connectivity index (χ3n) is 7.16. The first-order valence-corrected chi connectivity index (χ1v) is 22.8. The Balaban J connectivity index is 0. The molecule has 0 rings (SSSR count). The minimum Gasteiger partial charge on any atom is -0.363 e. The van der Waals surface area contributed by atoms with Crippen LogP contribution in [0, 0.1) is 0 Å². The molecule has 0 atom stereocenters. The molecule has 2 nitrogen and oxygen atoms in total. The molecule has 0 aliphatic carbocycles. The van der Waals surface area contributed by atoms with E-state index in [2.05, 4.69) is 35.4 Å². The van der Waals surface area contributed by atoms with Crippen molar-refractivity contribution in [3.8, 4) is 0 Å². The second-order valence-corrected chi connectivity index (χ2v) is 18.0. The average molecular weight is 699 g/mol. The zero-order valence-electron chi connectivity index (χ0n) is 28.7. The summed E-state index contributed by atoms with van der Waals surface area (Å²) in [5.74, 6) is 2.75. The maximum atomic E-state index is 5.07. The lowest BCUT2D eigenvalue weighted by Crippen LogP contribution is -2.18. The summed E-state index contributed by atoms with van der Waals surface area (Å²) in [6.45, 7) is 4.61. The van der Waals surface area contributed by atoms with Gasteiger partial charge in [-0.2, -0.15) is 0 Å². The van der Waals surface area contributed by atoms with E-state index < -0.39 is 0 Å². The van der Waals surface area contributed by atoms with Crippen molar-refractivity contribution in [2.24, 2.45) is 0 Å².